The molecule has 0 atom stereocenters. The number of terminal acetylenes is 1. The summed E-state index contributed by atoms with van der Waals surface area (Å²) in [4.78, 5) is 0.500. The van der Waals surface area contributed by atoms with Crippen molar-refractivity contribution in [3.8, 4) is 12.3 Å². The highest BCUT2D eigenvalue weighted by atomic mass is 32.1. The van der Waals surface area contributed by atoms with Gasteiger partial charge in [-0.1, -0.05) is 17.8 Å². The quantitative estimate of drug-likeness (QED) is 0.449. The fourth-order valence-corrected chi connectivity index (χ4v) is 1.59. The third kappa shape index (κ3) is 3.24. The van der Waals surface area contributed by atoms with Gasteiger partial charge in [0.15, 0.2) is 0 Å². The van der Waals surface area contributed by atoms with E-state index in [4.69, 9.17) is 6.42 Å². The van der Waals surface area contributed by atoms with Gasteiger partial charge in [-0.05, 0) is 24.6 Å². The van der Waals surface area contributed by atoms with Gasteiger partial charge in [0.1, 0.15) is 0 Å². The van der Waals surface area contributed by atoms with Gasteiger partial charge in [-0.2, -0.15) is 0 Å². The van der Waals surface area contributed by atoms with Crippen molar-refractivity contribution >= 4 is 19.6 Å². The summed E-state index contributed by atoms with van der Waals surface area (Å²) in [5, 5.41) is 0. The summed E-state index contributed by atoms with van der Waals surface area (Å²) >= 11 is 4.08. The fraction of sp³-hybridized carbons (Fsp3) is 0.200. The lowest BCUT2D eigenvalue weighted by Crippen LogP contribution is -2.20. The molecule has 0 bridgehead atoms. The average molecular weight is 229 g/mol. The van der Waals surface area contributed by atoms with Crippen molar-refractivity contribution in [2.75, 3.05) is 0 Å². The molecule has 0 unspecified atom stereocenters. The maximum absolute atomic E-state index is 12.3. The van der Waals surface area contributed by atoms with Crippen LogP contribution in [0.5, 0.6) is 0 Å². The van der Waals surface area contributed by atoms with Crippen molar-refractivity contribution in [1.29, 1.82) is 0 Å². The molecule has 0 amide bonds. The Balaban J connectivity index is 3.18. The van der Waals surface area contributed by atoms with Crippen LogP contribution < -0.4 is 0 Å². The fourth-order valence-electron chi connectivity index (χ4n) is 1.30. The van der Waals surface area contributed by atoms with Crippen LogP contribution in [0.2, 0.25) is 0 Å². The second-order valence-electron chi connectivity index (χ2n) is 3.34. The second kappa shape index (κ2) is 4.24. The van der Waals surface area contributed by atoms with Crippen LogP contribution in [0.15, 0.2) is 17.0 Å². The van der Waals surface area contributed by atoms with E-state index in [0.29, 0.717) is 16.0 Å². The van der Waals surface area contributed by atoms with Crippen molar-refractivity contribution in [2.45, 2.75) is 18.1 Å². The molecule has 1 aromatic carbocycles. The van der Waals surface area contributed by atoms with E-state index >= 15 is 0 Å². The Morgan fingerprint density at radius 1 is 1.40 bits per heavy atom. The minimum absolute atomic E-state index is 0.211. The van der Waals surface area contributed by atoms with E-state index < -0.39 is 13.3 Å². The van der Waals surface area contributed by atoms with Crippen LogP contribution in [0, 0.1) is 19.3 Å². The molecule has 0 heterocycles. The molecule has 0 aromatic heterocycles. The molecule has 0 aliphatic carbocycles. The zero-order valence-electron chi connectivity index (χ0n) is 8.10. The molecule has 1 rings (SSSR count). The maximum atomic E-state index is 12.3. The van der Waals surface area contributed by atoms with Crippen molar-refractivity contribution in [3.63, 3.8) is 0 Å². The molecular weight excluding hydrogens is 220 g/mol. The Morgan fingerprint density at radius 3 is 2.47 bits per heavy atom. The van der Waals surface area contributed by atoms with E-state index in [-0.39, 0.29) is 5.56 Å². The molecule has 0 nitrogen and oxygen atoms in total. The normalized spacial score (nSPS) is 11.2. The minimum Gasteiger partial charge on any atom is -0.449 e. The average Bonchev–Trinajstić information content (AvgIpc) is 2.10. The van der Waals surface area contributed by atoms with Crippen molar-refractivity contribution in [1.82, 2.24) is 0 Å². The lowest BCUT2D eigenvalue weighted by Gasteiger charge is -2.16. The highest BCUT2D eigenvalue weighted by Gasteiger charge is 2.24. The highest BCUT2D eigenvalue weighted by molar-refractivity contribution is 7.80. The molecule has 0 aliphatic heterocycles. The van der Waals surface area contributed by atoms with Crippen molar-refractivity contribution in [3.05, 3.63) is 28.8 Å². The summed E-state index contributed by atoms with van der Waals surface area (Å²) in [5.74, 6) is 2.31. The lowest BCUT2D eigenvalue weighted by molar-refractivity contribution is 0.468. The zero-order chi connectivity index (χ0) is 11.6. The number of benzene rings is 1. The van der Waals surface area contributed by atoms with E-state index in [0.717, 1.165) is 0 Å². The van der Waals surface area contributed by atoms with Crippen LogP contribution in [0.25, 0.3) is 0 Å². The van der Waals surface area contributed by atoms with Crippen molar-refractivity contribution < 1.29 is 12.9 Å². The molecule has 0 N–H and O–H groups in total. The van der Waals surface area contributed by atoms with Crippen LogP contribution in [0.1, 0.15) is 16.7 Å². The number of halogens is 3. The SMILES string of the molecule is C#Cc1cc(S)c(C)c(C[B-](F)(F)F)c1. The molecule has 0 spiro atoms. The second-order valence-corrected chi connectivity index (χ2v) is 3.82. The van der Waals surface area contributed by atoms with E-state index in [1.54, 1.807) is 13.0 Å². The Morgan fingerprint density at radius 2 is 2.00 bits per heavy atom. The first-order chi connectivity index (χ1) is 6.83. The van der Waals surface area contributed by atoms with E-state index in [1.165, 1.54) is 6.07 Å². The molecule has 0 saturated carbocycles. The summed E-state index contributed by atoms with van der Waals surface area (Å²) in [6, 6.07) is 2.98. The Hall–Kier alpha value is -1.02. The first-order valence-corrected chi connectivity index (χ1v) is 4.78. The standard InChI is InChI=1S/C10H9BF3S/c1-3-8-4-9(6-11(12,13)14)7(2)10(15)5-8/h1,4-5,15H,6H2,2H3/q-1. The number of hydrogen-bond donors (Lipinski definition) is 1. The Bertz CT molecular complexity index is 418. The lowest BCUT2D eigenvalue weighted by atomic mass is 9.80. The molecule has 0 radical (unpaired) electrons. The summed E-state index contributed by atoms with van der Waals surface area (Å²) in [6.45, 7) is -3.23. The van der Waals surface area contributed by atoms with Gasteiger partial charge in [0.25, 0.3) is 0 Å². The first kappa shape index (κ1) is 12.1. The number of hydrogen-bond acceptors (Lipinski definition) is 1. The van der Waals surface area contributed by atoms with Gasteiger partial charge in [-0.15, -0.1) is 19.1 Å². The third-order valence-corrected chi connectivity index (χ3v) is 2.57. The Labute approximate surface area is 92.3 Å². The predicted octanol–water partition coefficient (Wildman–Crippen LogP) is 3.19. The van der Waals surface area contributed by atoms with Crippen molar-refractivity contribution in [2.24, 2.45) is 0 Å². The molecule has 0 aliphatic rings. The van der Waals surface area contributed by atoms with Gasteiger partial charge in [-0.3, -0.25) is 0 Å². The molecule has 0 saturated heterocycles. The smallest absolute Gasteiger partial charge is 0.449 e. The van der Waals surface area contributed by atoms with E-state index in [1.807, 2.05) is 0 Å². The predicted molar refractivity (Wildman–Crippen MR) is 59.1 cm³/mol. The molecular formula is C10H9BF3S-. The summed E-state index contributed by atoms with van der Waals surface area (Å²) in [7, 11) is 0. The maximum Gasteiger partial charge on any atom is 0.482 e. The van der Waals surface area contributed by atoms with Crippen LogP contribution in [-0.4, -0.2) is 6.98 Å². The summed E-state index contributed by atoms with van der Waals surface area (Å²) < 4.78 is 36.8. The third-order valence-electron chi connectivity index (χ3n) is 2.11. The van der Waals surface area contributed by atoms with E-state index in [2.05, 4.69) is 18.5 Å². The van der Waals surface area contributed by atoms with Gasteiger partial charge in [0, 0.05) is 10.5 Å². The van der Waals surface area contributed by atoms with Gasteiger partial charge in [0.2, 0.25) is 0 Å². The molecule has 0 fully saturated rings. The van der Waals surface area contributed by atoms with Crippen LogP contribution in [0.3, 0.4) is 0 Å². The van der Waals surface area contributed by atoms with Crippen LogP contribution >= 0.6 is 12.6 Å². The van der Waals surface area contributed by atoms with Crippen LogP contribution in [-0.2, 0) is 6.32 Å². The molecule has 15 heavy (non-hydrogen) atoms. The zero-order valence-corrected chi connectivity index (χ0v) is 8.99. The first-order valence-electron chi connectivity index (χ1n) is 4.33. The van der Waals surface area contributed by atoms with Crippen LogP contribution in [0.4, 0.5) is 12.9 Å². The summed E-state index contributed by atoms with van der Waals surface area (Å²) in [5.41, 5.74) is 1.18. The molecule has 1 aromatic rings. The number of rotatable bonds is 2. The molecule has 5 heteroatoms. The van der Waals surface area contributed by atoms with Gasteiger partial charge < -0.3 is 12.9 Å². The monoisotopic (exact) mass is 229 g/mol. The van der Waals surface area contributed by atoms with E-state index in [9.17, 15) is 12.9 Å². The number of thiol groups is 1. The van der Waals surface area contributed by atoms with Gasteiger partial charge in [-0.25, -0.2) is 0 Å². The Kier molecular flexibility index (Phi) is 3.40. The minimum atomic E-state index is -4.84. The largest absolute Gasteiger partial charge is 0.482 e. The summed E-state index contributed by atoms with van der Waals surface area (Å²) in [6.07, 6.45) is 4.23. The molecule has 80 valence electrons. The topological polar surface area (TPSA) is 0 Å². The van der Waals surface area contributed by atoms with Gasteiger partial charge >= 0.3 is 6.98 Å². The van der Waals surface area contributed by atoms with Gasteiger partial charge in [0.05, 0.1) is 0 Å². The highest BCUT2D eigenvalue weighted by Crippen LogP contribution is 2.24.